The van der Waals surface area contributed by atoms with E-state index in [4.69, 9.17) is 0 Å². The molecule has 0 aromatic rings. The van der Waals surface area contributed by atoms with Gasteiger partial charge in [-0.05, 0) is 0 Å². The Morgan fingerprint density at radius 2 is 0.769 bits per heavy atom. The molecule has 0 amide bonds. The van der Waals surface area contributed by atoms with Gasteiger partial charge in [0.1, 0.15) is 0 Å². The Bertz CT molecular complexity index is 253. The number of rotatable bonds is 18. The third-order valence-electron chi connectivity index (χ3n) is 6.97. The average Bonchev–Trinajstić information content (AvgIpc) is 2.65. The van der Waals surface area contributed by atoms with E-state index in [0.717, 1.165) is 17.8 Å². The molecular formula is C25H55P. The van der Waals surface area contributed by atoms with Gasteiger partial charge in [-0.1, -0.05) is 0 Å². The summed E-state index contributed by atoms with van der Waals surface area (Å²) in [6.07, 6.45) is 22.0. The number of unbranched alkanes of at least 4 members (excludes halogenated alkanes) is 3. The van der Waals surface area contributed by atoms with E-state index < -0.39 is 7.26 Å². The maximum absolute atomic E-state index is 2.81. The van der Waals surface area contributed by atoms with Crippen LogP contribution >= 0.6 is 7.26 Å². The Labute approximate surface area is 169 Å². The second-order valence-corrected chi connectivity index (χ2v) is 14.5. The molecule has 0 aliphatic carbocycles. The van der Waals surface area contributed by atoms with Gasteiger partial charge >= 0.3 is 169 Å². The first-order valence-corrected chi connectivity index (χ1v) is 15.6. The third-order valence-corrected chi connectivity index (χ3v) is 11.7. The summed E-state index contributed by atoms with van der Waals surface area (Å²) < 4.78 is 0. The Balaban J connectivity index is 5.12. The Kier molecular flexibility index (Phi) is 16.7. The van der Waals surface area contributed by atoms with Crippen LogP contribution in [0.25, 0.3) is 0 Å². The molecule has 0 spiro atoms. The van der Waals surface area contributed by atoms with E-state index in [-0.39, 0.29) is 0 Å². The first-order valence-electron chi connectivity index (χ1n) is 12.5. The van der Waals surface area contributed by atoms with Gasteiger partial charge < -0.3 is 0 Å². The number of hydrogen-bond acceptors (Lipinski definition) is 0. The molecule has 160 valence electrons. The van der Waals surface area contributed by atoms with Gasteiger partial charge in [0.25, 0.3) is 0 Å². The average molecular weight is 387 g/mol. The van der Waals surface area contributed by atoms with E-state index in [1.54, 1.807) is 18.5 Å². The van der Waals surface area contributed by atoms with Gasteiger partial charge in [0.15, 0.2) is 0 Å². The van der Waals surface area contributed by atoms with Crippen LogP contribution in [-0.2, 0) is 0 Å². The Morgan fingerprint density at radius 1 is 0.500 bits per heavy atom. The fraction of sp³-hybridized carbons (Fsp3) is 1.00. The van der Waals surface area contributed by atoms with Crippen LogP contribution in [0.15, 0.2) is 0 Å². The van der Waals surface area contributed by atoms with Crippen molar-refractivity contribution in [1.29, 1.82) is 0 Å². The van der Waals surface area contributed by atoms with E-state index in [9.17, 15) is 0 Å². The molecule has 3 atom stereocenters. The summed E-state index contributed by atoms with van der Waals surface area (Å²) in [6.45, 7) is 17.3. The molecule has 0 saturated carbocycles. The van der Waals surface area contributed by atoms with Gasteiger partial charge in [-0.15, -0.1) is 0 Å². The predicted molar refractivity (Wildman–Crippen MR) is 129 cm³/mol. The molecule has 0 aromatic carbocycles. The van der Waals surface area contributed by atoms with E-state index in [1.807, 2.05) is 0 Å². The van der Waals surface area contributed by atoms with Crippen molar-refractivity contribution in [2.75, 3.05) is 25.2 Å². The Hall–Kier alpha value is 0.430. The molecule has 0 rings (SSSR count). The van der Waals surface area contributed by atoms with Crippen LogP contribution in [-0.4, -0.2) is 25.2 Å². The van der Waals surface area contributed by atoms with E-state index >= 15 is 0 Å². The zero-order valence-electron chi connectivity index (χ0n) is 19.8. The van der Waals surface area contributed by atoms with Crippen LogP contribution in [0.1, 0.15) is 119 Å². The summed E-state index contributed by atoms with van der Waals surface area (Å²) >= 11 is 0. The van der Waals surface area contributed by atoms with Crippen molar-refractivity contribution in [3.63, 3.8) is 0 Å². The summed E-state index contributed by atoms with van der Waals surface area (Å²) in [6, 6.07) is 0. The zero-order chi connectivity index (χ0) is 19.8. The van der Waals surface area contributed by atoms with Crippen LogP contribution in [0, 0.1) is 17.8 Å². The van der Waals surface area contributed by atoms with Gasteiger partial charge in [-0.3, -0.25) is 0 Å². The minimum absolute atomic E-state index is 1.01. The summed E-state index contributed by atoms with van der Waals surface area (Å²) in [4.78, 5) is 0. The molecule has 0 aliphatic heterocycles. The maximum atomic E-state index is 2.81. The van der Waals surface area contributed by atoms with Crippen molar-refractivity contribution in [2.45, 2.75) is 119 Å². The van der Waals surface area contributed by atoms with Crippen molar-refractivity contribution in [2.24, 2.45) is 17.8 Å². The van der Waals surface area contributed by atoms with Crippen LogP contribution in [0.3, 0.4) is 0 Å². The molecule has 0 radical (unpaired) electrons. The van der Waals surface area contributed by atoms with E-state index in [0.29, 0.717) is 0 Å². The van der Waals surface area contributed by atoms with Crippen LogP contribution in [0.5, 0.6) is 0 Å². The molecule has 3 unspecified atom stereocenters. The summed E-state index contributed by atoms with van der Waals surface area (Å²) in [5.74, 6) is 3.04. The molecule has 0 bridgehead atoms. The van der Waals surface area contributed by atoms with Gasteiger partial charge in [0, 0.05) is 0 Å². The van der Waals surface area contributed by atoms with Crippen molar-refractivity contribution in [3.8, 4) is 0 Å². The standard InChI is InChI=1S/C25H55P/c1-8-14-17-23(11-4)20-26(7,21-24(12-5)18-15-9-2)22-25(13-6)19-16-10-3/h23-26H,8-22H2,1-7H3. The molecule has 0 saturated heterocycles. The first kappa shape index (κ1) is 26.4. The first-order chi connectivity index (χ1) is 12.5. The molecule has 0 N–H and O–H groups in total. The number of hydrogen-bond donors (Lipinski definition) is 0. The summed E-state index contributed by atoms with van der Waals surface area (Å²) in [5.41, 5.74) is 0. The fourth-order valence-electron chi connectivity index (χ4n) is 5.17. The third kappa shape index (κ3) is 12.0. The van der Waals surface area contributed by atoms with Crippen molar-refractivity contribution >= 4 is 7.26 Å². The molecule has 0 aliphatic rings. The second-order valence-electron chi connectivity index (χ2n) is 9.67. The SMILES string of the molecule is CCCCC(CC)C[PH](C)(CC(CC)CCCC)CC(CC)CCCC. The van der Waals surface area contributed by atoms with Crippen LogP contribution in [0.4, 0.5) is 0 Å². The Morgan fingerprint density at radius 3 is 0.962 bits per heavy atom. The van der Waals surface area contributed by atoms with Gasteiger partial charge in [-0.25, -0.2) is 0 Å². The molecule has 0 heterocycles. The quantitative estimate of drug-likeness (QED) is 0.206. The van der Waals surface area contributed by atoms with Crippen LogP contribution < -0.4 is 0 Å². The fourth-order valence-corrected chi connectivity index (χ4v) is 11.3. The molecule has 0 fully saturated rings. The molecule has 26 heavy (non-hydrogen) atoms. The molecule has 0 nitrogen and oxygen atoms in total. The topological polar surface area (TPSA) is 0 Å². The van der Waals surface area contributed by atoms with Gasteiger partial charge in [-0.2, -0.15) is 0 Å². The summed E-state index contributed by atoms with van der Waals surface area (Å²) in [7, 11) is -1.15. The molecule has 1 heteroatoms. The van der Waals surface area contributed by atoms with Gasteiger partial charge in [0.05, 0.1) is 0 Å². The van der Waals surface area contributed by atoms with E-state index in [2.05, 4.69) is 48.2 Å². The normalized spacial score (nSPS) is 16.4. The monoisotopic (exact) mass is 386 g/mol. The van der Waals surface area contributed by atoms with Crippen molar-refractivity contribution in [1.82, 2.24) is 0 Å². The predicted octanol–water partition coefficient (Wildman–Crippen LogP) is 9.02. The summed E-state index contributed by atoms with van der Waals surface area (Å²) in [5, 5.41) is 0. The van der Waals surface area contributed by atoms with Crippen LogP contribution in [0.2, 0.25) is 0 Å². The minimum atomic E-state index is -1.15. The van der Waals surface area contributed by atoms with Gasteiger partial charge in [0.2, 0.25) is 0 Å². The van der Waals surface area contributed by atoms with E-state index in [1.165, 1.54) is 77.0 Å². The zero-order valence-corrected chi connectivity index (χ0v) is 20.8. The molecular weight excluding hydrogens is 331 g/mol. The second kappa shape index (κ2) is 16.4. The van der Waals surface area contributed by atoms with Crippen molar-refractivity contribution < 1.29 is 0 Å². The molecule has 0 aromatic heterocycles. The van der Waals surface area contributed by atoms with Crippen molar-refractivity contribution in [3.05, 3.63) is 0 Å².